The van der Waals surface area contributed by atoms with Gasteiger partial charge >= 0.3 is 10.4 Å². The molecule has 8 atom stereocenters. The van der Waals surface area contributed by atoms with Gasteiger partial charge in [0.25, 0.3) is 0 Å². The maximum Gasteiger partial charge on any atom is 0.397 e. The van der Waals surface area contributed by atoms with E-state index in [4.69, 9.17) is 14.0 Å². The topological polar surface area (TPSA) is 212 Å². The highest BCUT2D eigenvalue weighted by atomic mass is 32.3. The molecule has 1 amide bonds. The van der Waals surface area contributed by atoms with Gasteiger partial charge in [-0.15, -0.1) is 0 Å². The molecule has 13 nitrogen and oxygen atoms in total. The van der Waals surface area contributed by atoms with Crippen molar-refractivity contribution in [1.29, 1.82) is 0 Å². The Hall–Kier alpha value is -1.72. The number of unbranched alkanes of at least 4 members (excludes halogenated alkanes) is 20. The molecule has 8 unspecified atom stereocenters. The van der Waals surface area contributed by atoms with Crippen molar-refractivity contribution in [2.75, 3.05) is 13.2 Å². The Morgan fingerprint density at radius 1 is 0.690 bits per heavy atom. The van der Waals surface area contributed by atoms with Gasteiger partial charge in [-0.05, 0) is 44.9 Å². The number of allylic oxidation sites excluding steroid dienone is 5. The van der Waals surface area contributed by atoms with Crippen molar-refractivity contribution in [3.05, 3.63) is 36.5 Å². The molecule has 14 heteroatoms. The summed E-state index contributed by atoms with van der Waals surface area (Å²) in [6.07, 6.45) is 28.1. The molecule has 0 aromatic carbocycles. The van der Waals surface area contributed by atoms with E-state index in [1.807, 2.05) is 0 Å². The molecular formula is C44H81NO12S. The average Bonchev–Trinajstić information content (AvgIpc) is 3.19. The summed E-state index contributed by atoms with van der Waals surface area (Å²) < 4.78 is 47.4. The molecule has 58 heavy (non-hydrogen) atoms. The molecule has 340 valence electrons. The summed E-state index contributed by atoms with van der Waals surface area (Å²) in [6.45, 7) is 3.16. The summed E-state index contributed by atoms with van der Waals surface area (Å²) in [7, 11) is -5.12. The maximum atomic E-state index is 13.1. The second-order valence-corrected chi connectivity index (χ2v) is 16.8. The summed E-state index contributed by atoms with van der Waals surface area (Å²) in [6, 6.07) is -1.14. The Balaban J connectivity index is 2.65. The Labute approximate surface area is 350 Å². The fourth-order valence-corrected chi connectivity index (χ4v) is 7.41. The third-order valence-corrected chi connectivity index (χ3v) is 11.0. The van der Waals surface area contributed by atoms with Crippen LogP contribution in [0.5, 0.6) is 0 Å². The zero-order valence-electron chi connectivity index (χ0n) is 35.7. The Bertz CT molecular complexity index is 1200. The minimum absolute atomic E-state index is 0.235. The number of hydrogen-bond donors (Lipinski definition) is 7. The Morgan fingerprint density at radius 3 is 1.66 bits per heavy atom. The maximum absolute atomic E-state index is 13.1. The number of ether oxygens (including phenoxy) is 2. The average molecular weight is 848 g/mol. The molecule has 1 aliphatic rings. The first-order valence-corrected chi connectivity index (χ1v) is 23.8. The van der Waals surface area contributed by atoms with Gasteiger partial charge in [-0.3, -0.25) is 9.35 Å². The number of nitrogens with one attached hydrogen (secondary N) is 1. The van der Waals surface area contributed by atoms with Crippen LogP contribution in [0.25, 0.3) is 0 Å². The van der Waals surface area contributed by atoms with E-state index in [0.29, 0.717) is 12.8 Å². The normalized spacial score (nSPS) is 22.0. The first-order valence-electron chi connectivity index (χ1n) is 22.5. The lowest BCUT2D eigenvalue weighted by atomic mass is 9.99. The predicted octanol–water partition coefficient (Wildman–Crippen LogP) is 7.30. The molecule has 0 bridgehead atoms. The second kappa shape index (κ2) is 34.9. The van der Waals surface area contributed by atoms with E-state index in [9.17, 15) is 38.7 Å². The van der Waals surface area contributed by atoms with Crippen molar-refractivity contribution < 1.29 is 57.0 Å². The van der Waals surface area contributed by atoms with Gasteiger partial charge in [0.1, 0.15) is 30.5 Å². The summed E-state index contributed by atoms with van der Waals surface area (Å²) in [4.78, 5) is 13.1. The van der Waals surface area contributed by atoms with Crippen LogP contribution in [0.2, 0.25) is 0 Å². The lowest BCUT2D eigenvalue weighted by molar-refractivity contribution is -0.298. The Morgan fingerprint density at radius 2 is 1.16 bits per heavy atom. The highest BCUT2D eigenvalue weighted by molar-refractivity contribution is 7.80. The molecule has 0 aliphatic carbocycles. The van der Waals surface area contributed by atoms with E-state index in [-0.39, 0.29) is 6.42 Å². The fourth-order valence-electron chi connectivity index (χ4n) is 6.90. The smallest absolute Gasteiger partial charge is 0.394 e. The van der Waals surface area contributed by atoms with Crippen LogP contribution in [-0.4, -0.2) is 107 Å². The molecule has 1 saturated heterocycles. The molecule has 0 radical (unpaired) electrons. The summed E-state index contributed by atoms with van der Waals surface area (Å²) in [5.74, 6) is -0.718. The van der Waals surface area contributed by atoms with Gasteiger partial charge in [-0.25, -0.2) is 4.18 Å². The van der Waals surface area contributed by atoms with Gasteiger partial charge in [-0.1, -0.05) is 166 Å². The lowest BCUT2D eigenvalue weighted by Crippen LogP contribution is -2.61. The number of carbonyl (C=O) groups excluding carboxylic acids is 1. The zero-order valence-corrected chi connectivity index (χ0v) is 36.5. The van der Waals surface area contributed by atoms with Crippen LogP contribution in [0.4, 0.5) is 0 Å². The van der Waals surface area contributed by atoms with E-state index in [0.717, 1.165) is 44.9 Å². The summed E-state index contributed by atoms with van der Waals surface area (Å²) >= 11 is 0. The van der Waals surface area contributed by atoms with E-state index in [1.54, 1.807) is 6.08 Å². The highest BCUT2D eigenvalue weighted by Gasteiger charge is 2.48. The minimum Gasteiger partial charge on any atom is -0.394 e. The third kappa shape index (κ3) is 27.2. The van der Waals surface area contributed by atoms with Crippen molar-refractivity contribution in [3.8, 4) is 0 Å². The van der Waals surface area contributed by atoms with Crippen LogP contribution >= 0.6 is 0 Å². The number of aliphatic hydroxyl groups excluding tert-OH is 5. The van der Waals surface area contributed by atoms with Gasteiger partial charge in [0, 0.05) is 0 Å². The van der Waals surface area contributed by atoms with Crippen molar-refractivity contribution in [1.82, 2.24) is 5.32 Å². The molecule has 1 heterocycles. The molecule has 0 saturated carbocycles. The van der Waals surface area contributed by atoms with Gasteiger partial charge in [0.05, 0.1) is 25.4 Å². The Kier molecular flexibility index (Phi) is 32.7. The second-order valence-electron chi connectivity index (χ2n) is 15.8. The standard InChI is InChI=1S/C44H81NO12S/c1-3-5-7-9-11-13-15-16-17-18-19-20-21-23-24-26-28-30-32-37(47)36(35-55-44-41(50)42(57-58(52,53)54)40(49)39(34-46)56-44)45-43(51)38(48)33-31-29-27-25-22-14-12-10-8-6-4-2/h18-19,23-24,30,32,36-42,44,46-50H,3-17,20-22,25-29,31,33-35H2,1-2H3,(H,45,51)(H,52,53,54)/b19-18+,24-23+,32-30+. The van der Waals surface area contributed by atoms with Gasteiger partial charge < -0.3 is 40.3 Å². The molecule has 0 aromatic heterocycles. The van der Waals surface area contributed by atoms with E-state index in [2.05, 4.69) is 47.7 Å². The van der Waals surface area contributed by atoms with Crippen molar-refractivity contribution in [2.24, 2.45) is 0 Å². The summed E-state index contributed by atoms with van der Waals surface area (Å²) in [5.41, 5.74) is 0. The lowest BCUT2D eigenvalue weighted by Gasteiger charge is -2.41. The monoisotopic (exact) mass is 848 g/mol. The molecule has 1 fully saturated rings. The number of rotatable bonds is 37. The van der Waals surface area contributed by atoms with Gasteiger partial charge in [0.15, 0.2) is 6.29 Å². The van der Waals surface area contributed by atoms with E-state index >= 15 is 0 Å². The predicted molar refractivity (Wildman–Crippen MR) is 228 cm³/mol. The van der Waals surface area contributed by atoms with Crippen LogP contribution in [0.3, 0.4) is 0 Å². The van der Waals surface area contributed by atoms with Crippen molar-refractivity contribution in [2.45, 2.75) is 223 Å². The van der Waals surface area contributed by atoms with Crippen LogP contribution in [0.1, 0.15) is 174 Å². The van der Waals surface area contributed by atoms with E-state index < -0.39 is 78.5 Å². The molecule has 0 spiro atoms. The quantitative estimate of drug-likeness (QED) is 0.0187. The summed E-state index contributed by atoms with van der Waals surface area (Å²) in [5, 5.41) is 55.0. The third-order valence-electron chi connectivity index (χ3n) is 10.5. The van der Waals surface area contributed by atoms with E-state index in [1.165, 1.54) is 102 Å². The SMILES string of the molecule is CCCCCCCCCC/C=C/CC/C=C/CC/C=C/C(O)C(COC1OC(CO)C(O)C(OS(=O)(=O)O)C1O)NC(=O)C(O)CCCCCCCCCCCCC. The fraction of sp³-hybridized carbons (Fsp3) is 0.841. The van der Waals surface area contributed by atoms with Crippen LogP contribution < -0.4 is 5.32 Å². The number of aliphatic hydroxyl groups is 5. The first kappa shape index (κ1) is 54.3. The van der Waals surface area contributed by atoms with Crippen LogP contribution in [-0.2, 0) is 28.9 Å². The largest absolute Gasteiger partial charge is 0.397 e. The molecule has 1 aliphatic heterocycles. The van der Waals surface area contributed by atoms with Gasteiger partial charge in [0.2, 0.25) is 5.91 Å². The number of hydrogen-bond acceptors (Lipinski definition) is 11. The first-order chi connectivity index (χ1) is 27.9. The number of carbonyl (C=O) groups is 1. The minimum atomic E-state index is -5.12. The van der Waals surface area contributed by atoms with Crippen molar-refractivity contribution >= 4 is 16.3 Å². The molecule has 1 rings (SSSR count). The van der Waals surface area contributed by atoms with Crippen molar-refractivity contribution in [3.63, 3.8) is 0 Å². The van der Waals surface area contributed by atoms with Gasteiger partial charge in [-0.2, -0.15) is 8.42 Å². The number of amides is 1. The zero-order chi connectivity index (χ0) is 42.9. The highest BCUT2D eigenvalue weighted by Crippen LogP contribution is 2.26. The molecule has 0 aromatic rings. The van der Waals surface area contributed by atoms with Crippen LogP contribution in [0, 0.1) is 0 Å². The van der Waals surface area contributed by atoms with Crippen LogP contribution in [0.15, 0.2) is 36.5 Å². The molecule has 7 N–H and O–H groups in total. The molecular weight excluding hydrogens is 767 g/mol.